The summed E-state index contributed by atoms with van der Waals surface area (Å²) >= 11 is 0. The van der Waals surface area contributed by atoms with E-state index in [0.717, 1.165) is 26.1 Å². The van der Waals surface area contributed by atoms with Crippen LogP contribution >= 0.6 is 0 Å². The molecule has 4 aromatic rings. The zero-order chi connectivity index (χ0) is 24.4. The molecule has 10 nitrogen and oxygen atoms in total. The highest BCUT2D eigenvalue weighted by Gasteiger charge is 2.19. The molecule has 0 saturated carbocycles. The van der Waals surface area contributed by atoms with E-state index in [1.54, 1.807) is 0 Å². The van der Waals surface area contributed by atoms with E-state index in [4.69, 9.17) is 4.52 Å². The maximum Gasteiger partial charge on any atom is 0.351 e. The molecule has 1 N–H and O–H groups in total. The predicted octanol–water partition coefficient (Wildman–Crippen LogP) is 2.31. The molecule has 4 rings (SSSR count). The van der Waals surface area contributed by atoms with Crippen LogP contribution in [-0.2, 0) is 18.3 Å². The molecule has 2 heterocycles. The van der Waals surface area contributed by atoms with Crippen molar-refractivity contribution in [1.29, 1.82) is 0 Å². The van der Waals surface area contributed by atoms with Crippen molar-refractivity contribution in [3.8, 4) is 17.2 Å². The number of benzene rings is 2. The van der Waals surface area contributed by atoms with Crippen LogP contribution in [0.15, 0.2) is 56.6 Å². The molecule has 0 spiro atoms. The van der Waals surface area contributed by atoms with Crippen molar-refractivity contribution in [2.24, 2.45) is 7.05 Å². The second-order valence-corrected chi connectivity index (χ2v) is 7.76. The number of carbonyl (C=O) groups is 1. The van der Waals surface area contributed by atoms with Crippen molar-refractivity contribution in [3.05, 3.63) is 86.1 Å². The number of anilines is 1. The van der Waals surface area contributed by atoms with Crippen LogP contribution in [0.3, 0.4) is 0 Å². The predicted molar refractivity (Wildman–Crippen MR) is 121 cm³/mol. The highest BCUT2D eigenvalue weighted by atomic mass is 19.1. The summed E-state index contributed by atoms with van der Waals surface area (Å²) in [6.07, 6.45) is 0.219. The van der Waals surface area contributed by atoms with Crippen LogP contribution in [-0.4, -0.2) is 30.4 Å². The Hall–Kier alpha value is -4.41. The van der Waals surface area contributed by atoms with Crippen molar-refractivity contribution < 1.29 is 13.7 Å². The minimum absolute atomic E-state index is 0.0789. The highest BCUT2D eigenvalue weighted by Crippen LogP contribution is 2.17. The number of carbonyl (C=O) groups excluding carboxylic acids is 1. The first kappa shape index (κ1) is 22.8. The zero-order valence-corrected chi connectivity index (χ0v) is 18.7. The smallest absolute Gasteiger partial charge is 0.339 e. The lowest BCUT2D eigenvalue weighted by molar-refractivity contribution is -0.116. The van der Waals surface area contributed by atoms with Crippen molar-refractivity contribution in [3.63, 3.8) is 0 Å². The first-order valence-electron chi connectivity index (χ1n) is 10.4. The molecular formula is C23H21FN6O4. The van der Waals surface area contributed by atoms with Gasteiger partial charge in [-0.1, -0.05) is 17.3 Å². The Balaban J connectivity index is 1.54. The van der Waals surface area contributed by atoms with Crippen LogP contribution in [0.4, 0.5) is 10.1 Å². The van der Waals surface area contributed by atoms with Gasteiger partial charge in [0, 0.05) is 25.6 Å². The lowest BCUT2D eigenvalue weighted by Gasteiger charge is -2.08. The van der Waals surface area contributed by atoms with Gasteiger partial charge in [0.1, 0.15) is 5.82 Å². The average molecular weight is 464 g/mol. The van der Waals surface area contributed by atoms with Gasteiger partial charge in [0.15, 0.2) is 5.69 Å². The third-order valence-electron chi connectivity index (χ3n) is 5.16. The number of hydrogen-bond acceptors (Lipinski definition) is 7. The van der Waals surface area contributed by atoms with E-state index in [0.29, 0.717) is 0 Å². The number of nitrogens with one attached hydrogen (secondary N) is 1. The quantitative estimate of drug-likeness (QED) is 0.464. The standard InChI is InChI=1S/C23H21FN6O4/c1-13-4-5-14(2)17(12-13)25-18(31)10-11-19-26-21(28-34-19)20-22(32)29(3)23(33)30(27-20)16-8-6-15(24)7-9-16/h4-9,12H,10-11H2,1-3H3,(H,25,31). The Morgan fingerprint density at radius 2 is 1.85 bits per heavy atom. The van der Waals surface area contributed by atoms with Crippen molar-refractivity contribution >= 4 is 11.6 Å². The molecule has 0 atom stereocenters. The molecule has 174 valence electrons. The second-order valence-electron chi connectivity index (χ2n) is 7.76. The average Bonchev–Trinajstić information content (AvgIpc) is 3.28. The maximum atomic E-state index is 13.3. The van der Waals surface area contributed by atoms with Gasteiger partial charge in [0.2, 0.25) is 17.6 Å². The minimum Gasteiger partial charge on any atom is -0.339 e. The van der Waals surface area contributed by atoms with Gasteiger partial charge in [-0.25, -0.2) is 9.18 Å². The molecule has 0 unspecified atom stereocenters. The fraction of sp³-hybridized carbons (Fsp3) is 0.217. The molecule has 2 aromatic heterocycles. The molecular weight excluding hydrogens is 443 g/mol. The second kappa shape index (κ2) is 9.22. The molecule has 34 heavy (non-hydrogen) atoms. The highest BCUT2D eigenvalue weighted by molar-refractivity contribution is 5.91. The monoisotopic (exact) mass is 464 g/mol. The van der Waals surface area contributed by atoms with Gasteiger partial charge < -0.3 is 9.84 Å². The normalized spacial score (nSPS) is 10.9. The fourth-order valence-electron chi connectivity index (χ4n) is 3.22. The summed E-state index contributed by atoms with van der Waals surface area (Å²) in [4.78, 5) is 41.6. The summed E-state index contributed by atoms with van der Waals surface area (Å²) in [5, 5.41) is 10.7. The van der Waals surface area contributed by atoms with Gasteiger partial charge in [-0.3, -0.25) is 14.2 Å². The summed E-state index contributed by atoms with van der Waals surface area (Å²) in [5.41, 5.74) is 1.30. The third-order valence-corrected chi connectivity index (χ3v) is 5.16. The van der Waals surface area contributed by atoms with Crippen LogP contribution in [0.1, 0.15) is 23.4 Å². The molecule has 0 fully saturated rings. The van der Waals surface area contributed by atoms with Gasteiger partial charge in [-0.2, -0.15) is 14.8 Å². The van der Waals surface area contributed by atoms with E-state index in [-0.39, 0.29) is 41.8 Å². The molecule has 0 radical (unpaired) electrons. The fourth-order valence-corrected chi connectivity index (χ4v) is 3.22. The molecule has 1 amide bonds. The first-order chi connectivity index (χ1) is 16.2. The summed E-state index contributed by atoms with van der Waals surface area (Å²) in [7, 11) is 1.29. The summed E-state index contributed by atoms with van der Waals surface area (Å²) in [6, 6.07) is 10.8. The topological polar surface area (TPSA) is 125 Å². The zero-order valence-electron chi connectivity index (χ0n) is 18.7. The van der Waals surface area contributed by atoms with E-state index in [1.807, 2.05) is 32.0 Å². The lowest BCUT2D eigenvalue weighted by Crippen LogP contribution is -2.40. The Morgan fingerprint density at radius 1 is 1.12 bits per heavy atom. The van der Waals surface area contributed by atoms with Gasteiger partial charge in [0.05, 0.1) is 5.69 Å². The van der Waals surface area contributed by atoms with E-state index >= 15 is 0 Å². The van der Waals surface area contributed by atoms with Gasteiger partial charge in [-0.05, 0) is 55.3 Å². The molecule has 0 saturated heterocycles. The Morgan fingerprint density at radius 3 is 2.59 bits per heavy atom. The number of rotatable bonds is 6. The van der Waals surface area contributed by atoms with E-state index < -0.39 is 17.1 Å². The lowest BCUT2D eigenvalue weighted by atomic mass is 10.1. The van der Waals surface area contributed by atoms with Crippen molar-refractivity contribution in [2.75, 3.05) is 5.32 Å². The van der Waals surface area contributed by atoms with Crippen molar-refractivity contribution in [1.82, 2.24) is 24.5 Å². The van der Waals surface area contributed by atoms with Crippen molar-refractivity contribution in [2.45, 2.75) is 26.7 Å². The number of hydrogen-bond donors (Lipinski definition) is 1. The van der Waals surface area contributed by atoms with Gasteiger partial charge >= 0.3 is 5.69 Å². The summed E-state index contributed by atoms with van der Waals surface area (Å²) in [6.45, 7) is 3.84. The van der Waals surface area contributed by atoms with E-state index in [1.165, 1.54) is 31.3 Å². The van der Waals surface area contributed by atoms with Crippen LogP contribution in [0, 0.1) is 19.7 Å². The Kier molecular flexibility index (Phi) is 6.17. The molecule has 2 aromatic carbocycles. The van der Waals surface area contributed by atoms with Crippen LogP contribution in [0.2, 0.25) is 0 Å². The molecule has 0 aliphatic carbocycles. The minimum atomic E-state index is -0.719. The number of nitrogens with zero attached hydrogens (tertiary/aromatic N) is 5. The van der Waals surface area contributed by atoms with Gasteiger partial charge in [0.25, 0.3) is 5.56 Å². The van der Waals surface area contributed by atoms with E-state index in [2.05, 4.69) is 20.6 Å². The molecule has 11 heteroatoms. The Labute approximate surface area is 192 Å². The summed E-state index contributed by atoms with van der Waals surface area (Å²) in [5.74, 6) is -0.700. The number of aromatic nitrogens is 5. The first-order valence-corrected chi connectivity index (χ1v) is 10.4. The van der Waals surface area contributed by atoms with Crippen LogP contribution < -0.4 is 16.6 Å². The number of amides is 1. The van der Waals surface area contributed by atoms with E-state index in [9.17, 15) is 18.8 Å². The summed E-state index contributed by atoms with van der Waals surface area (Å²) < 4.78 is 20.2. The maximum absolute atomic E-state index is 13.3. The largest absolute Gasteiger partial charge is 0.351 e. The number of aryl methyl sites for hydroxylation is 3. The number of halogens is 1. The molecule has 0 aliphatic heterocycles. The SMILES string of the molecule is Cc1ccc(C)c(NC(=O)CCc2nc(-c3nn(-c4ccc(F)cc4)c(=O)n(C)c3=O)no2)c1. The van der Waals surface area contributed by atoms with Crippen LogP contribution in [0.25, 0.3) is 17.2 Å². The van der Waals surface area contributed by atoms with Gasteiger partial charge in [-0.15, -0.1) is 0 Å². The third kappa shape index (κ3) is 4.68. The molecule has 0 aliphatic rings. The molecule has 0 bridgehead atoms. The van der Waals surface area contributed by atoms with Crippen LogP contribution in [0.5, 0.6) is 0 Å². The Bertz CT molecular complexity index is 1490.